The molecule has 0 atom stereocenters. The summed E-state index contributed by atoms with van der Waals surface area (Å²) in [5, 5.41) is 10.7. The molecular weight excluding hydrogens is 279 g/mol. The number of halogens is 1. The number of nitrogens with zero attached hydrogens (tertiary/aromatic N) is 4. The van der Waals surface area contributed by atoms with E-state index in [1.165, 1.54) is 10.7 Å². The summed E-state index contributed by atoms with van der Waals surface area (Å²) in [7, 11) is 0. The number of nitrogens with one attached hydrogen (secondary N) is 2. The molecule has 8 heteroatoms. The van der Waals surface area contributed by atoms with Gasteiger partial charge in [-0.25, -0.2) is 14.6 Å². The van der Waals surface area contributed by atoms with Gasteiger partial charge in [-0.3, -0.25) is 5.01 Å². The largest absolute Gasteiger partial charge is 0.271 e. The van der Waals surface area contributed by atoms with Crippen molar-refractivity contribution in [1.29, 1.82) is 0 Å². The van der Waals surface area contributed by atoms with Crippen LogP contribution in [0.25, 0.3) is 5.69 Å². The van der Waals surface area contributed by atoms with Crippen LogP contribution in [0.4, 0.5) is 4.39 Å². The molecule has 1 aromatic carbocycles. The van der Waals surface area contributed by atoms with Gasteiger partial charge in [0.15, 0.2) is 5.84 Å². The quantitative estimate of drug-likeness (QED) is 0.747. The number of hydrogen-bond donors (Lipinski definition) is 3. The van der Waals surface area contributed by atoms with E-state index in [0.29, 0.717) is 23.1 Å². The van der Waals surface area contributed by atoms with Crippen molar-refractivity contribution in [2.75, 3.05) is 6.54 Å². The first-order chi connectivity index (χ1) is 9.72. The minimum atomic E-state index is -0.352. The van der Waals surface area contributed by atoms with Crippen LogP contribution in [0.5, 0.6) is 0 Å². The molecule has 104 valence electrons. The fraction of sp³-hybridized carbons (Fsp3) is 0.167. The second kappa shape index (κ2) is 5.14. The molecule has 0 amide bonds. The average molecular weight is 292 g/mol. The van der Waals surface area contributed by atoms with Crippen molar-refractivity contribution in [2.45, 2.75) is 11.9 Å². The van der Waals surface area contributed by atoms with Gasteiger partial charge in [0.1, 0.15) is 16.5 Å². The molecule has 2 heterocycles. The van der Waals surface area contributed by atoms with Gasteiger partial charge in [0, 0.05) is 6.54 Å². The van der Waals surface area contributed by atoms with E-state index in [-0.39, 0.29) is 5.82 Å². The third-order valence-electron chi connectivity index (χ3n) is 2.98. The zero-order valence-corrected chi connectivity index (χ0v) is 11.6. The SMILES string of the molecule is CCN1NNN=C1c1cnn(-c2ccccc2F)c1S. The third kappa shape index (κ3) is 2.02. The summed E-state index contributed by atoms with van der Waals surface area (Å²) >= 11 is 4.45. The fourth-order valence-electron chi connectivity index (χ4n) is 1.99. The highest BCUT2D eigenvalue weighted by Crippen LogP contribution is 2.22. The van der Waals surface area contributed by atoms with Crippen LogP contribution in [0.3, 0.4) is 0 Å². The maximum atomic E-state index is 13.8. The Kier molecular flexibility index (Phi) is 3.33. The summed E-state index contributed by atoms with van der Waals surface area (Å²) in [5.41, 5.74) is 6.63. The lowest BCUT2D eigenvalue weighted by Gasteiger charge is -2.15. The van der Waals surface area contributed by atoms with Gasteiger partial charge in [0.05, 0.1) is 11.8 Å². The van der Waals surface area contributed by atoms with E-state index < -0.39 is 0 Å². The van der Waals surface area contributed by atoms with Crippen molar-refractivity contribution < 1.29 is 4.39 Å². The monoisotopic (exact) mass is 292 g/mol. The van der Waals surface area contributed by atoms with E-state index in [1.807, 2.05) is 11.9 Å². The zero-order valence-electron chi connectivity index (χ0n) is 10.7. The molecule has 0 saturated carbocycles. The highest BCUT2D eigenvalue weighted by Gasteiger charge is 2.23. The van der Waals surface area contributed by atoms with Crippen LogP contribution in [-0.2, 0) is 0 Å². The Bertz CT molecular complexity index is 668. The summed E-state index contributed by atoms with van der Waals surface area (Å²) in [6, 6.07) is 6.42. The van der Waals surface area contributed by atoms with Crippen LogP contribution in [0, 0.1) is 5.82 Å². The molecule has 1 aromatic heterocycles. The molecule has 1 aliphatic rings. The second-order valence-electron chi connectivity index (χ2n) is 4.15. The third-order valence-corrected chi connectivity index (χ3v) is 3.41. The molecule has 2 N–H and O–H groups in total. The Morgan fingerprint density at radius 3 is 2.90 bits per heavy atom. The molecule has 0 aliphatic carbocycles. The van der Waals surface area contributed by atoms with Crippen LogP contribution in [0.15, 0.2) is 40.6 Å². The topological polar surface area (TPSA) is 57.5 Å². The number of para-hydroxylation sites is 1. The normalized spacial score (nSPS) is 14.3. The number of thiol groups is 1. The van der Waals surface area contributed by atoms with E-state index in [4.69, 9.17) is 0 Å². The first-order valence-corrected chi connectivity index (χ1v) is 6.55. The van der Waals surface area contributed by atoms with Crippen molar-refractivity contribution in [3.63, 3.8) is 0 Å². The molecule has 0 unspecified atom stereocenters. The summed E-state index contributed by atoms with van der Waals surface area (Å²) in [6.45, 7) is 2.69. The number of benzene rings is 1. The summed E-state index contributed by atoms with van der Waals surface area (Å²) in [4.78, 5) is 0. The van der Waals surface area contributed by atoms with Crippen molar-refractivity contribution >= 4 is 18.5 Å². The Balaban J connectivity index is 2.04. The lowest BCUT2D eigenvalue weighted by atomic mass is 10.3. The predicted octanol–water partition coefficient (Wildman–Crippen LogP) is 1.31. The van der Waals surface area contributed by atoms with E-state index in [2.05, 4.69) is 33.9 Å². The first kappa shape index (κ1) is 12.9. The van der Waals surface area contributed by atoms with Gasteiger partial charge in [-0.05, 0) is 19.1 Å². The van der Waals surface area contributed by atoms with Gasteiger partial charge in [-0.2, -0.15) is 5.10 Å². The molecule has 6 nitrogen and oxygen atoms in total. The molecule has 2 aromatic rings. The first-order valence-electron chi connectivity index (χ1n) is 6.10. The van der Waals surface area contributed by atoms with Crippen molar-refractivity contribution in [1.82, 2.24) is 25.9 Å². The van der Waals surface area contributed by atoms with Crippen molar-refractivity contribution in [3.8, 4) is 5.69 Å². The Hall–Kier alpha value is -2.06. The van der Waals surface area contributed by atoms with Crippen LogP contribution >= 0.6 is 12.6 Å². The molecule has 3 rings (SSSR count). The van der Waals surface area contributed by atoms with Crippen LogP contribution in [-0.4, -0.2) is 27.2 Å². The minimum absolute atomic E-state index is 0.352. The molecule has 20 heavy (non-hydrogen) atoms. The maximum absolute atomic E-state index is 13.8. The van der Waals surface area contributed by atoms with Gasteiger partial charge < -0.3 is 0 Å². The van der Waals surface area contributed by atoms with E-state index >= 15 is 0 Å². The Labute approximate surface area is 120 Å². The minimum Gasteiger partial charge on any atom is -0.271 e. The van der Waals surface area contributed by atoms with Gasteiger partial charge in [-0.1, -0.05) is 12.1 Å². The number of hydrazone groups is 1. The number of rotatable bonds is 3. The molecule has 0 saturated heterocycles. The van der Waals surface area contributed by atoms with Gasteiger partial charge in [-0.15, -0.1) is 23.3 Å². The summed E-state index contributed by atoms with van der Waals surface area (Å²) in [5.74, 6) is 0.314. The number of aromatic nitrogens is 2. The van der Waals surface area contributed by atoms with Crippen LogP contribution in [0.1, 0.15) is 12.5 Å². The number of amidine groups is 1. The molecule has 0 bridgehead atoms. The predicted molar refractivity (Wildman–Crippen MR) is 76.0 cm³/mol. The lowest BCUT2D eigenvalue weighted by molar-refractivity contribution is 0.308. The van der Waals surface area contributed by atoms with Gasteiger partial charge in [0.2, 0.25) is 0 Å². The molecule has 0 fully saturated rings. The van der Waals surface area contributed by atoms with Crippen LogP contribution < -0.4 is 11.1 Å². The standard InChI is InChI=1S/C12H13FN6S/c1-2-18-11(15-16-17-18)8-7-14-19(12(8)20)10-6-4-3-5-9(10)13/h3-7,16-17,20H,2H2,1H3. The molecule has 0 spiro atoms. The van der Waals surface area contributed by atoms with Crippen molar-refractivity contribution in [2.24, 2.45) is 5.10 Å². The van der Waals surface area contributed by atoms with E-state index in [0.717, 1.165) is 5.56 Å². The maximum Gasteiger partial charge on any atom is 0.177 e. The highest BCUT2D eigenvalue weighted by atomic mass is 32.1. The molecular formula is C12H13FN6S. The number of hydrogen-bond acceptors (Lipinski definition) is 6. The Morgan fingerprint density at radius 1 is 1.35 bits per heavy atom. The smallest absolute Gasteiger partial charge is 0.177 e. The number of hydrazine groups is 2. The average Bonchev–Trinajstić information content (AvgIpc) is 3.05. The zero-order chi connectivity index (χ0) is 14.1. The highest BCUT2D eigenvalue weighted by molar-refractivity contribution is 7.80. The summed E-state index contributed by atoms with van der Waals surface area (Å²) in [6.07, 6.45) is 1.62. The second-order valence-corrected chi connectivity index (χ2v) is 4.57. The Morgan fingerprint density at radius 2 is 2.15 bits per heavy atom. The molecule has 0 radical (unpaired) electrons. The lowest BCUT2D eigenvalue weighted by Crippen LogP contribution is -2.40. The molecule has 1 aliphatic heterocycles. The van der Waals surface area contributed by atoms with Crippen LogP contribution in [0.2, 0.25) is 0 Å². The van der Waals surface area contributed by atoms with E-state index in [9.17, 15) is 4.39 Å². The fourth-order valence-corrected chi connectivity index (χ4v) is 2.30. The van der Waals surface area contributed by atoms with Gasteiger partial charge >= 0.3 is 0 Å². The van der Waals surface area contributed by atoms with Gasteiger partial charge in [0.25, 0.3) is 0 Å². The van der Waals surface area contributed by atoms with E-state index in [1.54, 1.807) is 24.4 Å². The summed E-state index contributed by atoms with van der Waals surface area (Å²) < 4.78 is 15.3. The van der Waals surface area contributed by atoms with Crippen molar-refractivity contribution in [3.05, 3.63) is 41.8 Å².